The number of carbonyl (C=O) groups is 1. The zero-order valence-electron chi connectivity index (χ0n) is 15.8. The number of amides is 1. The van der Waals surface area contributed by atoms with Crippen LogP contribution in [-0.2, 0) is 0 Å². The summed E-state index contributed by atoms with van der Waals surface area (Å²) >= 11 is 0. The second kappa shape index (κ2) is 8.08. The molecule has 6 nitrogen and oxygen atoms in total. The Morgan fingerprint density at radius 2 is 1.79 bits per heavy atom. The Hall–Kier alpha value is -3.41. The molecule has 1 aliphatic rings. The summed E-state index contributed by atoms with van der Waals surface area (Å²) in [5.74, 6) is 1.49. The van der Waals surface area contributed by atoms with Crippen molar-refractivity contribution in [2.24, 2.45) is 0 Å². The molecule has 1 aliphatic heterocycles. The molecule has 0 bridgehead atoms. The van der Waals surface area contributed by atoms with Crippen molar-refractivity contribution in [3.63, 3.8) is 0 Å². The van der Waals surface area contributed by atoms with Crippen molar-refractivity contribution in [2.75, 3.05) is 30.4 Å². The summed E-state index contributed by atoms with van der Waals surface area (Å²) in [5.41, 5.74) is 2.90. The third-order valence-corrected chi connectivity index (χ3v) is 4.85. The van der Waals surface area contributed by atoms with Gasteiger partial charge >= 0.3 is 0 Å². The van der Waals surface area contributed by atoms with Gasteiger partial charge in [-0.05, 0) is 61.4 Å². The minimum Gasteiger partial charge on any atom is -0.497 e. The molecule has 0 atom stereocenters. The molecule has 1 fully saturated rings. The third-order valence-electron chi connectivity index (χ3n) is 4.85. The number of anilines is 2. The van der Waals surface area contributed by atoms with Crippen LogP contribution >= 0.6 is 0 Å². The van der Waals surface area contributed by atoms with Gasteiger partial charge in [0.1, 0.15) is 5.75 Å². The van der Waals surface area contributed by atoms with Crippen LogP contribution in [0, 0.1) is 0 Å². The zero-order chi connectivity index (χ0) is 19.3. The van der Waals surface area contributed by atoms with Crippen molar-refractivity contribution in [3.8, 4) is 17.0 Å². The fourth-order valence-electron chi connectivity index (χ4n) is 3.29. The average Bonchev–Trinajstić information content (AvgIpc) is 3.29. The fourth-order valence-corrected chi connectivity index (χ4v) is 3.29. The van der Waals surface area contributed by atoms with Gasteiger partial charge in [0.05, 0.1) is 12.8 Å². The number of hydrogen-bond donors (Lipinski definition) is 1. The number of nitrogens with one attached hydrogen (secondary N) is 1. The first-order valence-electron chi connectivity index (χ1n) is 9.37. The van der Waals surface area contributed by atoms with Crippen LogP contribution in [0.4, 0.5) is 11.5 Å². The lowest BCUT2D eigenvalue weighted by Crippen LogP contribution is -2.19. The van der Waals surface area contributed by atoms with Crippen molar-refractivity contribution in [1.82, 2.24) is 10.2 Å². The largest absolute Gasteiger partial charge is 0.497 e. The van der Waals surface area contributed by atoms with E-state index in [-0.39, 0.29) is 5.91 Å². The Labute approximate surface area is 164 Å². The number of rotatable bonds is 5. The first-order chi connectivity index (χ1) is 13.7. The van der Waals surface area contributed by atoms with Crippen LogP contribution in [0.5, 0.6) is 5.75 Å². The third kappa shape index (κ3) is 3.96. The maximum atomic E-state index is 12.6. The van der Waals surface area contributed by atoms with Gasteiger partial charge < -0.3 is 15.0 Å². The molecule has 3 aromatic rings. The number of benzene rings is 2. The van der Waals surface area contributed by atoms with E-state index < -0.39 is 0 Å². The maximum absolute atomic E-state index is 12.6. The smallest absolute Gasteiger partial charge is 0.255 e. The highest BCUT2D eigenvalue weighted by molar-refractivity contribution is 6.04. The van der Waals surface area contributed by atoms with E-state index in [1.807, 2.05) is 54.6 Å². The lowest BCUT2D eigenvalue weighted by molar-refractivity contribution is 0.102. The van der Waals surface area contributed by atoms with Crippen molar-refractivity contribution >= 4 is 17.4 Å². The molecule has 0 saturated carbocycles. The highest BCUT2D eigenvalue weighted by Crippen LogP contribution is 2.22. The molecule has 2 aromatic carbocycles. The fraction of sp³-hybridized carbons (Fsp3) is 0.227. The summed E-state index contributed by atoms with van der Waals surface area (Å²) in [6.45, 7) is 2.07. The molecule has 4 rings (SSSR count). The van der Waals surface area contributed by atoms with Crippen LogP contribution in [-0.4, -0.2) is 36.3 Å². The molecular formula is C22H22N4O2. The number of ether oxygens (including phenoxy) is 1. The molecule has 28 heavy (non-hydrogen) atoms. The first kappa shape index (κ1) is 18.0. The Kier molecular flexibility index (Phi) is 5.19. The molecule has 0 radical (unpaired) electrons. The molecule has 1 amide bonds. The molecule has 1 N–H and O–H groups in total. The Morgan fingerprint density at radius 3 is 2.46 bits per heavy atom. The Bertz CT molecular complexity index is 949. The Balaban J connectivity index is 1.49. The second-order valence-corrected chi connectivity index (χ2v) is 6.73. The minimum atomic E-state index is -0.173. The van der Waals surface area contributed by atoms with Gasteiger partial charge in [-0.3, -0.25) is 4.79 Å². The van der Waals surface area contributed by atoms with E-state index in [0.717, 1.165) is 35.9 Å². The zero-order valence-corrected chi connectivity index (χ0v) is 15.8. The minimum absolute atomic E-state index is 0.173. The monoisotopic (exact) mass is 374 g/mol. The van der Waals surface area contributed by atoms with Gasteiger partial charge in [-0.2, -0.15) is 0 Å². The highest BCUT2D eigenvalue weighted by Gasteiger charge is 2.14. The second-order valence-electron chi connectivity index (χ2n) is 6.73. The van der Waals surface area contributed by atoms with E-state index in [0.29, 0.717) is 11.3 Å². The summed E-state index contributed by atoms with van der Waals surface area (Å²) in [5, 5.41) is 11.6. The predicted octanol–water partition coefficient (Wildman–Crippen LogP) is 4.00. The van der Waals surface area contributed by atoms with Gasteiger partial charge in [0, 0.05) is 29.9 Å². The maximum Gasteiger partial charge on any atom is 0.255 e. The normalized spacial score (nSPS) is 13.4. The van der Waals surface area contributed by atoms with Crippen molar-refractivity contribution in [3.05, 3.63) is 66.2 Å². The number of carbonyl (C=O) groups excluding carboxylic acids is 1. The van der Waals surface area contributed by atoms with Crippen LogP contribution < -0.4 is 15.0 Å². The molecule has 6 heteroatoms. The van der Waals surface area contributed by atoms with Crippen LogP contribution in [0.25, 0.3) is 11.3 Å². The van der Waals surface area contributed by atoms with Crippen molar-refractivity contribution in [2.45, 2.75) is 12.8 Å². The quantitative estimate of drug-likeness (QED) is 0.731. The van der Waals surface area contributed by atoms with E-state index >= 15 is 0 Å². The number of nitrogens with zero attached hydrogens (tertiary/aromatic N) is 3. The summed E-state index contributed by atoms with van der Waals surface area (Å²) in [7, 11) is 1.61. The van der Waals surface area contributed by atoms with E-state index in [9.17, 15) is 4.79 Å². The molecule has 0 unspecified atom stereocenters. The van der Waals surface area contributed by atoms with E-state index in [4.69, 9.17) is 4.74 Å². The molecule has 0 aliphatic carbocycles. The van der Waals surface area contributed by atoms with Gasteiger partial charge in [0.25, 0.3) is 5.91 Å². The van der Waals surface area contributed by atoms with Crippen LogP contribution in [0.2, 0.25) is 0 Å². The van der Waals surface area contributed by atoms with E-state index in [1.165, 1.54) is 12.8 Å². The number of methoxy groups -OCH3 is 1. The average molecular weight is 374 g/mol. The van der Waals surface area contributed by atoms with Gasteiger partial charge in [0.15, 0.2) is 5.82 Å². The van der Waals surface area contributed by atoms with Crippen molar-refractivity contribution in [1.29, 1.82) is 0 Å². The number of hydrogen-bond acceptors (Lipinski definition) is 5. The SMILES string of the molecule is COc1ccc(NC(=O)c2cccc(-c3ccc(N4CCCC4)nn3)c2)cc1. The van der Waals surface area contributed by atoms with Crippen molar-refractivity contribution < 1.29 is 9.53 Å². The van der Waals surface area contributed by atoms with E-state index in [2.05, 4.69) is 20.4 Å². The molecule has 1 saturated heterocycles. The number of aromatic nitrogens is 2. The van der Waals surface area contributed by atoms with E-state index in [1.54, 1.807) is 13.2 Å². The lowest BCUT2D eigenvalue weighted by atomic mass is 10.1. The standard InChI is InChI=1S/C22H22N4O2/c1-28-19-9-7-18(8-10-19)23-22(27)17-6-4-5-16(15-17)20-11-12-21(25-24-20)26-13-2-3-14-26/h4-12,15H,2-3,13-14H2,1H3,(H,23,27). The lowest BCUT2D eigenvalue weighted by Gasteiger charge is -2.15. The summed E-state index contributed by atoms with van der Waals surface area (Å²) in [6, 6.07) is 18.6. The van der Waals surface area contributed by atoms with Gasteiger partial charge in [0.2, 0.25) is 0 Å². The summed E-state index contributed by atoms with van der Waals surface area (Å²) in [4.78, 5) is 14.8. The van der Waals surface area contributed by atoms with Gasteiger partial charge in [-0.25, -0.2) is 0 Å². The molecule has 142 valence electrons. The topological polar surface area (TPSA) is 67.3 Å². The van der Waals surface area contributed by atoms with Crippen LogP contribution in [0.15, 0.2) is 60.7 Å². The summed E-state index contributed by atoms with van der Waals surface area (Å²) < 4.78 is 5.14. The molecule has 2 heterocycles. The molecular weight excluding hydrogens is 352 g/mol. The summed E-state index contributed by atoms with van der Waals surface area (Å²) in [6.07, 6.45) is 2.41. The van der Waals surface area contributed by atoms with Crippen LogP contribution in [0.3, 0.4) is 0 Å². The molecule has 1 aromatic heterocycles. The van der Waals surface area contributed by atoms with Gasteiger partial charge in [-0.15, -0.1) is 10.2 Å². The predicted molar refractivity (Wildman–Crippen MR) is 110 cm³/mol. The van der Waals surface area contributed by atoms with Crippen LogP contribution in [0.1, 0.15) is 23.2 Å². The molecule has 0 spiro atoms. The van der Waals surface area contributed by atoms with Gasteiger partial charge in [-0.1, -0.05) is 12.1 Å². The highest BCUT2D eigenvalue weighted by atomic mass is 16.5. The Morgan fingerprint density at radius 1 is 1.00 bits per heavy atom. The first-order valence-corrected chi connectivity index (χ1v) is 9.37.